The van der Waals surface area contributed by atoms with E-state index in [1.54, 1.807) is 12.0 Å². The van der Waals surface area contributed by atoms with E-state index in [9.17, 15) is 9.59 Å². The van der Waals surface area contributed by atoms with E-state index in [1.807, 2.05) is 56.9 Å². The van der Waals surface area contributed by atoms with Crippen LogP contribution in [0.2, 0.25) is 0 Å². The maximum Gasteiger partial charge on any atom is 0.410 e. The van der Waals surface area contributed by atoms with Crippen LogP contribution in [0.3, 0.4) is 0 Å². The molecule has 0 radical (unpaired) electrons. The number of carbonyl (C=O) groups is 2. The monoisotopic (exact) mass is 404 g/mol. The zero-order valence-electron chi connectivity index (χ0n) is 18.1. The molecule has 7 heteroatoms. The Morgan fingerprint density at radius 3 is 2.38 bits per heavy atom. The molecule has 1 aromatic rings. The fourth-order valence-electron chi connectivity index (χ4n) is 3.93. The van der Waals surface area contributed by atoms with Crippen LogP contribution in [0.4, 0.5) is 4.79 Å². The van der Waals surface area contributed by atoms with Crippen molar-refractivity contribution in [1.29, 1.82) is 0 Å². The highest BCUT2D eigenvalue weighted by molar-refractivity contribution is 5.81. The van der Waals surface area contributed by atoms with Gasteiger partial charge >= 0.3 is 6.09 Å². The van der Waals surface area contributed by atoms with Gasteiger partial charge in [-0.25, -0.2) is 4.79 Å². The molecule has 2 heterocycles. The fraction of sp³-hybridized carbons (Fsp3) is 0.636. The summed E-state index contributed by atoms with van der Waals surface area (Å²) in [5, 5.41) is 0. The summed E-state index contributed by atoms with van der Waals surface area (Å²) in [7, 11) is 1.63. The third-order valence-electron chi connectivity index (χ3n) is 5.42. The summed E-state index contributed by atoms with van der Waals surface area (Å²) >= 11 is 0. The number of likely N-dealkylation sites (tertiary alicyclic amines) is 1. The Bertz CT molecular complexity index is 733. The first-order valence-electron chi connectivity index (χ1n) is 10.2. The van der Waals surface area contributed by atoms with E-state index in [4.69, 9.17) is 14.2 Å². The maximum atomic E-state index is 12.7. The SMILES string of the molecule is COc1ccc(CN2CC3(CCN(C(=O)OC(C)(C)C)CC3)O[C@H](C)C2=O)cc1. The number of methoxy groups -OCH3 is 1. The quantitative estimate of drug-likeness (QED) is 0.774. The molecule has 0 unspecified atom stereocenters. The molecule has 2 aliphatic heterocycles. The zero-order valence-corrected chi connectivity index (χ0v) is 18.1. The van der Waals surface area contributed by atoms with E-state index in [0.29, 0.717) is 39.0 Å². The number of amides is 2. The number of carbonyl (C=O) groups excluding carboxylic acids is 2. The lowest BCUT2D eigenvalue weighted by Gasteiger charge is -2.49. The van der Waals surface area contributed by atoms with Crippen molar-refractivity contribution >= 4 is 12.0 Å². The molecule has 0 bridgehead atoms. The highest BCUT2D eigenvalue weighted by Gasteiger charge is 2.46. The van der Waals surface area contributed by atoms with Crippen molar-refractivity contribution in [3.05, 3.63) is 29.8 Å². The molecule has 0 saturated carbocycles. The number of ether oxygens (including phenoxy) is 3. The van der Waals surface area contributed by atoms with Gasteiger partial charge in [-0.05, 0) is 58.2 Å². The van der Waals surface area contributed by atoms with Crippen LogP contribution in [0, 0.1) is 0 Å². The summed E-state index contributed by atoms with van der Waals surface area (Å²) in [6.45, 7) is 9.60. The Balaban J connectivity index is 1.64. The second-order valence-corrected chi connectivity index (χ2v) is 8.95. The number of benzene rings is 1. The summed E-state index contributed by atoms with van der Waals surface area (Å²) in [6.07, 6.45) is 0.587. The van der Waals surface area contributed by atoms with Crippen LogP contribution in [0.25, 0.3) is 0 Å². The van der Waals surface area contributed by atoms with Crippen molar-refractivity contribution in [3.8, 4) is 5.75 Å². The molecule has 7 nitrogen and oxygen atoms in total. The summed E-state index contributed by atoms with van der Waals surface area (Å²) in [5.74, 6) is 0.794. The van der Waals surface area contributed by atoms with Crippen molar-refractivity contribution in [3.63, 3.8) is 0 Å². The summed E-state index contributed by atoms with van der Waals surface area (Å²) in [6, 6.07) is 7.76. The van der Waals surface area contributed by atoms with Gasteiger partial charge in [-0.1, -0.05) is 12.1 Å². The number of nitrogens with zero attached hydrogens (tertiary/aromatic N) is 2. The first kappa shape index (κ1) is 21.4. The van der Waals surface area contributed by atoms with Gasteiger partial charge in [-0.15, -0.1) is 0 Å². The van der Waals surface area contributed by atoms with Crippen molar-refractivity contribution in [2.75, 3.05) is 26.7 Å². The molecule has 0 aliphatic carbocycles. The molecule has 2 saturated heterocycles. The van der Waals surface area contributed by atoms with Gasteiger partial charge in [-0.3, -0.25) is 4.79 Å². The van der Waals surface area contributed by atoms with Crippen molar-refractivity contribution in [2.45, 2.75) is 64.4 Å². The van der Waals surface area contributed by atoms with Crippen LogP contribution < -0.4 is 4.74 Å². The van der Waals surface area contributed by atoms with E-state index < -0.39 is 17.3 Å². The molecule has 3 rings (SSSR count). The lowest BCUT2D eigenvalue weighted by molar-refractivity contribution is -0.190. The van der Waals surface area contributed by atoms with E-state index in [1.165, 1.54) is 0 Å². The summed E-state index contributed by atoms with van der Waals surface area (Å²) in [5.41, 5.74) is 0.122. The van der Waals surface area contributed by atoms with E-state index >= 15 is 0 Å². The minimum absolute atomic E-state index is 0.000940. The molecule has 2 amide bonds. The molecule has 0 N–H and O–H groups in total. The molecule has 29 heavy (non-hydrogen) atoms. The lowest BCUT2D eigenvalue weighted by Crippen LogP contribution is -2.61. The van der Waals surface area contributed by atoms with Gasteiger partial charge < -0.3 is 24.0 Å². The third-order valence-corrected chi connectivity index (χ3v) is 5.42. The molecule has 2 aliphatic rings. The third kappa shape index (κ3) is 5.21. The van der Waals surface area contributed by atoms with E-state index in [0.717, 1.165) is 11.3 Å². The number of hydrogen-bond donors (Lipinski definition) is 0. The second-order valence-electron chi connectivity index (χ2n) is 8.95. The van der Waals surface area contributed by atoms with Gasteiger partial charge in [0.25, 0.3) is 5.91 Å². The van der Waals surface area contributed by atoms with Crippen molar-refractivity contribution in [2.24, 2.45) is 0 Å². The number of piperidine rings is 1. The fourth-order valence-corrected chi connectivity index (χ4v) is 3.93. The van der Waals surface area contributed by atoms with Gasteiger partial charge in [0.1, 0.15) is 17.5 Å². The molecule has 1 aromatic carbocycles. The Labute approximate surface area is 172 Å². The Morgan fingerprint density at radius 1 is 1.21 bits per heavy atom. The van der Waals surface area contributed by atoms with Crippen LogP contribution in [0.5, 0.6) is 5.75 Å². The standard InChI is InChI=1S/C22H32N2O5/c1-16-19(25)24(14-17-6-8-18(27-5)9-7-17)15-22(28-16)10-12-23(13-11-22)20(26)29-21(2,3)4/h6-9,16H,10-15H2,1-5H3/t16-/m1/s1. The highest BCUT2D eigenvalue weighted by Crippen LogP contribution is 2.34. The maximum absolute atomic E-state index is 12.7. The topological polar surface area (TPSA) is 68.3 Å². The van der Waals surface area contributed by atoms with Crippen LogP contribution in [-0.2, 0) is 20.8 Å². The molecular formula is C22H32N2O5. The molecule has 0 aromatic heterocycles. The molecule has 1 spiro atoms. The van der Waals surface area contributed by atoms with Crippen LogP contribution in [0.15, 0.2) is 24.3 Å². The van der Waals surface area contributed by atoms with E-state index in [-0.39, 0.29) is 12.0 Å². The minimum atomic E-state index is -0.510. The summed E-state index contributed by atoms with van der Waals surface area (Å²) in [4.78, 5) is 28.7. The average Bonchev–Trinajstić information content (AvgIpc) is 2.65. The second kappa shape index (κ2) is 8.22. The Kier molecular flexibility index (Phi) is 6.08. The molecule has 160 valence electrons. The summed E-state index contributed by atoms with van der Waals surface area (Å²) < 4.78 is 16.9. The number of rotatable bonds is 3. The van der Waals surface area contributed by atoms with Crippen molar-refractivity contribution in [1.82, 2.24) is 9.80 Å². The molecule has 2 fully saturated rings. The van der Waals surface area contributed by atoms with Crippen LogP contribution in [-0.4, -0.2) is 65.9 Å². The number of morpholine rings is 1. The molecule has 1 atom stereocenters. The Hall–Kier alpha value is -2.28. The zero-order chi connectivity index (χ0) is 21.2. The minimum Gasteiger partial charge on any atom is -0.497 e. The van der Waals surface area contributed by atoms with Gasteiger partial charge in [-0.2, -0.15) is 0 Å². The largest absolute Gasteiger partial charge is 0.497 e. The van der Waals surface area contributed by atoms with Crippen LogP contribution in [0.1, 0.15) is 46.1 Å². The predicted molar refractivity (Wildman–Crippen MR) is 109 cm³/mol. The highest BCUT2D eigenvalue weighted by atomic mass is 16.6. The van der Waals surface area contributed by atoms with Gasteiger partial charge in [0.15, 0.2) is 0 Å². The van der Waals surface area contributed by atoms with Gasteiger partial charge in [0, 0.05) is 19.6 Å². The lowest BCUT2D eigenvalue weighted by atomic mass is 9.88. The average molecular weight is 405 g/mol. The predicted octanol–water partition coefficient (Wildman–Crippen LogP) is 3.21. The Morgan fingerprint density at radius 2 is 1.83 bits per heavy atom. The van der Waals surface area contributed by atoms with E-state index in [2.05, 4.69) is 0 Å². The molecular weight excluding hydrogens is 372 g/mol. The first-order chi connectivity index (χ1) is 13.6. The normalized spacial score (nSPS) is 22.0. The smallest absolute Gasteiger partial charge is 0.410 e. The van der Waals surface area contributed by atoms with Gasteiger partial charge in [0.2, 0.25) is 0 Å². The number of hydrogen-bond acceptors (Lipinski definition) is 5. The van der Waals surface area contributed by atoms with Crippen LogP contribution >= 0.6 is 0 Å². The first-order valence-corrected chi connectivity index (χ1v) is 10.2. The van der Waals surface area contributed by atoms with Gasteiger partial charge in [0.05, 0.1) is 19.3 Å². The van der Waals surface area contributed by atoms with Crippen molar-refractivity contribution < 1.29 is 23.8 Å².